The fraction of sp³-hybridized carbons (Fsp3) is 0.923. The third kappa shape index (κ3) is 2.68. The van der Waals surface area contributed by atoms with Crippen LogP contribution in [0.2, 0.25) is 0 Å². The molecular formula is C13H23NO4. The summed E-state index contributed by atoms with van der Waals surface area (Å²) >= 11 is 0. The van der Waals surface area contributed by atoms with Crippen molar-refractivity contribution in [1.29, 1.82) is 0 Å². The molecule has 1 unspecified atom stereocenters. The summed E-state index contributed by atoms with van der Waals surface area (Å²) in [5, 5.41) is 0. The van der Waals surface area contributed by atoms with E-state index in [0.29, 0.717) is 32.9 Å². The quantitative estimate of drug-likeness (QED) is 0.746. The number of methoxy groups -OCH3 is 1. The summed E-state index contributed by atoms with van der Waals surface area (Å²) in [5.74, 6) is 0.172. The fourth-order valence-corrected chi connectivity index (χ4v) is 2.64. The number of amides is 1. The van der Waals surface area contributed by atoms with Crippen LogP contribution in [0.4, 0.5) is 0 Å². The molecule has 1 atom stereocenters. The Kier molecular flexibility index (Phi) is 3.67. The van der Waals surface area contributed by atoms with E-state index in [4.69, 9.17) is 14.2 Å². The second kappa shape index (κ2) is 4.79. The average molecular weight is 257 g/mol. The van der Waals surface area contributed by atoms with Gasteiger partial charge in [-0.05, 0) is 20.8 Å². The zero-order valence-electron chi connectivity index (χ0n) is 11.7. The number of hydrogen-bond donors (Lipinski definition) is 0. The number of nitrogens with zero attached hydrogens (tertiary/aromatic N) is 1. The molecule has 0 aromatic heterocycles. The van der Waals surface area contributed by atoms with E-state index in [-0.39, 0.29) is 23.0 Å². The molecular weight excluding hydrogens is 234 g/mol. The van der Waals surface area contributed by atoms with E-state index < -0.39 is 0 Å². The summed E-state index contributed by atoms with van der Waals surface area (Å²) in [6.07, 6.45) is -0.0488. The molecule has 0 N–H and O–H groups in total. The summed E-state index contributed by atoms with van der Waals surface area (Å²) in [7, 11) is 1.65. The highest BCUT2D eigenvalue weighted by Gasteiger charge is 2.46. The lowest BCUT2D eigenvalue weighted by molar-refractivity contribution is -0.192. The molecule has 0 bridgehead atoms. The Morgan fingerprint density at radius 3 is 2.56 bits per heavy atom. The standard InChI is InChI=1S/C13H23NO4/c1-12(2)7-14(5-10(18-12)6-16-4)11(15)13(3)8-17-9-13/h10H,5-9H2,1-4H3. The first kappa shape index (κ1) is 13.8. The molecule has 0 spiro atoms. The minimum Gasteiger partial charge on any atom is -0.382 e. The molecule has 0 radical (unpaired) electrons. The number of carbonyl (C=O) groups excluding carboxylic acids is 1. The second-order valence-corrected chi connectivity index (χ2v) is 6.19. The zero-order valence-corrected chi connectivity index (χ0v) is 11.7. The maximum Gasteiger partial charge on any atom is 0.233 e. The zero-order chi connectivity index (χ0) is 13.4. The highest BCUT2D eigenvalue weighted by atomic mass is 16.5. The van der Waals surface area contributed by atoms with Crippen molar-refractivity contribution in [1.82, 2.24) is 4.90 Å². The molecule has 5 heteroatoms. The second-order valence-electron chi connectivity index (χ2n) is 6.19. The van der Waals surface area contributed by atoms with Crippen LogP contribution in [0.3, 0.4) is 0 Å². The number of ether oxygens (including phenoxy) is 3. The molecule has 104 valence electrons. The van der Waals surface area contributed by atoms with Crippen molar-refractivity contribution in [2.45, 2.75) is 32.5 Å². The molecule has 5 nitrogen and oxygen atoms in total. The van der Waals surface area contributed by atoms with Gasteiger partial charge in [-0.25, -0.2) is 0 Å². The van der Waals surface area contributed by atoms with E-state index in [9.17, 15) is 4.79 Å². The van der Waals surface area contributed by atoms with Gasteiger partial charge >= 0.3 is 0 Å². The number of morpholine rings is 1. The van der Waals surface area contributed by atoms with Gasteiger partial charge in [0.25, 0.3) is 0 Å². The van der Waals surface area contributed by atoms with Gasteiger partial charge in [-0.3, -0.25) is 4.79 Å². The predicted octanol–water partition coefficient (Wildman–Crippen LogP) is 0.675. The molecule has 2 fully saturated rings. The van der Waals surface area contributed by atoms with E-state index in [1.54, 1.807) is 7.11 Å². The summed E-state index contributed by atoms with van der Waals surface area (Å²) in [6, 6.07) is 0. The third-order valence-corrected chi connectivity index (χ3v) is 3.48. The van der Waals surface area contributed by atoms with Gasteiger partial charge in [0.2, 0.25) is 5.91 Å². The van der Waals surface area contributed by atoms with Crippen molar-refractivity contribution < 1.29 is 19.0 Å². The first-order chi connectivity index (χ1) is 8.36. The molecule has 0 aromatic rings. The van der Waals surface area contributed by atoms with Crippen LogP contribution in [0.25, 0.3) is 0 Å². The smallest absolute Gasteiger partial charge is 0.233 e. The summed E-state index contributed by atoms with van der Waals surface area (Å²) in [6.45, 7) is 8.78. The Labute approximate surface area is 108 Å². The topological polar surface area (TPSA) is 48.0 Å². The molecule has 2 aliphatic rings. The highest BCUT2D eigenvalue weighted by molar-refractivity contribution is 5.83. The van der Waals surface area contributed by atoms with E-state index in [2.05, 4.69) is 0 Å². The molecule has 18 heavy (non-hydrogen) atoms. The van der Waals surface area contributed by atoms with Gasteiger partial charge in [0.05, 0.1) is 36.9 Å². The minimum atomic E-state index is -0.342. The van der Waals surface area contributed by atoms with Gasteiger partial charge in [0, 0.05) is 20.2 Å². The van der Waals surface area contributed by atoms with Gasteiger partial charge in [-0.2, -0.15) is 0 Å². The Morgan fingerprint density at radius 1 is 1.39 bits per heavy atom. The maximum absolute atomic E-state index is 12.5. The molecule has 0 aliphatic carbocycles. The van der Waals surface area contributed by atoms with Crippen LogP contribution in [0.5, 0.6) is 0 Å². The highest BCUT2D eigenvalue weighted by Crippen LogP contribution is 2.32. The van der Waals surface area contributed by atoms with Crippen LogP contribution >= 0.6 is 0 Å². The predicted molar refractivity (Wildman–Crippen MR) is 66.3 cm³/mol. The molecule has 2 aliphatic heterocycles. The number of carbonyl (C=O) groups is 1. The number of rotatable bonds is 3. The van der Waals surface area contributed by atoms with E-state index in [1.807, 2.05) is 25.7 Å². The van der Waals surface area contributed by atoms with Crippen molar-refractivity contribution in [3.05, 3.63) is 0 Å². The molecule has 2 rings (SSSR count). The summed E-state index contributed by atoms with van der Waals surface area (Å²) in [4.78, 5) is 14.4. The normalized spacial score (nSPS) is 29.8. The minimum absolute atomic E-state index is 0.0488. The molecule has 2 heterocycles. The Balaban J connectivity index is 2.05. The van der Waals surface area contributed by atoms with Crippen LogP contribution in [0.1, 0.15) is 20.8 Å². The monoisotopic (exact) mass is 257 g/mol. The molecule has 1 amide bonds. The molecule has 0 saturated carbocycles. The summed E-state index contributed by atoms with van der Waals surface area (Å²) in [5.41, 5.74) is -0.664. The summed E-state index contributed by atoms with van der Waals surface area (Å²) < 4.78 is 16.2. The number of hydrogen-bond acceptors (Lipinski definition) is 4. The Hall–Kier alpha value is -0.650. The van der Waals surface area contributed by atoms with Gasteiger partial charge in [0.1, 0.15) is 0 Å². The van der Waals surface area contributed by atoms with Gasteiger partial charge in [-0.15, -0.1) is 0 Å². The Morgan fingerprint density at radius 2 is 2.06 bits per heavy atom. The van der Waals surface area contributed by atoms with Crippen LogP contribution in [-0.2, 0) is 19.0 Å². The van der Waals surface area contributed by atoms with Crippen molar-refractivity contribution in [2.24, 2.45) is 5.41 Å². The van der Waals surface area contributed by atoms with Crippen molar-refractivity contribution >= 4 is 5.91 Å². The average Bonchev–Trinajstić information content (AvgIpc) is 2.23. The van der Waals surface area contributed by atoms with E-state index in [0.717, 1.165) is 0 Å². The first-order valence-electron chi connectivity index (χ1n) is 6.40. The van der Waals surface area contributed by atoms with Crippen LogP contribution in [0, 0.1) is 5.41 Å². The molecule has 0 aromatic carbocycles. The van der Waals surface area contributed by atoms with Crippen molar-refractivity contribution in [3.63, 3.8) is 0 Å². The van der Waals surface area contributed by atoms with E-state index >= 15 is 0 Å². The molecule has 2 saturated heterocycles. The van der Waals surface area contributed by atoms with Gasteiger partial charge < -0.3 is 19.1 Å². The van der Waals surface area contributed by atoms with Crippen LogP contribution in [0.15, 0.2) is 0 Å². The van der Waals surface area contributed by atoms with Gasteiger partial charge in [-0.1, -0.05) is 0 Å². The third-order valence-electron chi connectivity index (χ3n) is 3.48. The first-order valence-corrected chi connectivity index (χ1v) is 6.40. The van der Waals surface area contributed by atoms with Gasteiger partial charge in [0.15, 0.2) is 0 Å². The van der Waals surface area contributed by atoms with Crippen LogP contribution < -0.4 is 0 Å². The lowest BCUT2D eigenvalue weighted by Crippen LogP contribution is -2.61. The van der Waals surface area contributed by atoms with Crippen molar-refractivity contribution in [3.8, 4) is 0 Å². The van der Waals surface area contributed by atoms with Crippen LogP contribution in [-0.4, -0.2) is 62.5 Å². The largest absolute Gasteiger partial charge is 0.382 e. The lowest BCUT2D eigenvalue weighted by atomic mass is 9.86. The lowest BCUT2D eigenvalue weighted by Gasteiger charge is -2.47. The maximum atomic E-state index is 12.5. The fourth-order valence-electron chi connectivity index (χ4n) is 2.64. The Bertz CT molecular complexity index is 325. The van der Waals surface area contributed by atoms with Crippen molar-refractivity contribution in [2.75, 3.05) is 40.0 Å². The van der Waals surface area contributed by atoms with E-state index in [1.165, 1.54) is 0 Å². The SMILES string of the molecule is COCC1CN(C(=O)C2(C)COC2)CC(C)(C)O1.